The van der Waals surface area contributed by atoms with Crippen molar-refractivity contribution in [3.63, 3.8) is 0 Å². The first-order valence-electron chi connectivity index (χ1n) is 6.46. The van der Waals surface area contributed by atoms with Gasteiger partial charge in [-0.2, -0.15) is 0 Å². The number of aryl methyl sites for hydroxylation is 1. The fraction of sp³-hybridized carbons (Fsp3) is 0.462. The van der Waals surface area contributed by atoms with E-state index in [0.717, 1.165) is 12.8 Å². The summed E-state index contributed by atoms with van der Waals surface area (Å²) in [5.74, 6) is 0. The SMILES string of the molecule is Cc1cc(NC(=O)N(CCO)C2CC2)ccc1[N+](=O)[O-]. The second-order valence-electron chi connectivity index (χ2n) is 4.84. The van der Waals surface area contributed by atoms with Crippen molar-refractivity contribution in [2.75, 3.05) is 18.5 Å². The molecule has 7 nitrogen and oxygen atoms in total. The van der Waals surface area contributed by atoms with Crippen LogP contribution in [0, 0.1) is 17.0 Å². The normalized spacial score (nSPS) is 13.9. The molecule has 1 aliphatic carbocycles. The minimum atomic E-state index is -0.455. The van der Waals surface area contributed by atoms with Crippen molar-refractivity contribution >= 4 is 17.4 Å². The van der Waals surface area contributed by atoms with Crippen molar-refractivity contribution in [2.24, 2.45) is 0 Å². The van der Waals surface area contributed by atoms with Gasteiger partial charge >= 0.3 is 6.03 Å². The summed E-state index contributed by atoms with van der Waals surface area (Å²) in [6.07, 6.45) is 1.90. The number of nitrogens with one attached hydrogen (secondary N) is 1. The number of carbonyl (C=O) groups is 1. The van der Waals surface area contributed by atoms with Crippen molar-refractivity contribution in [3.05, 3.63) is 33.9 Å². The molecule has 7 heteroatoms. The standard InChI is InChI=1S/C13H17N3O4/c1-9-8-10(2-5-12(9)16(19)20)14-13(18)15(6-7-17)11-3-4-11/h2,5,8,11,17H,3-4,6-7H2,1H3,(H,14,18). The highest BCUT2D eigenvalue weighted by molar-refractivity contribution is 5.90. The van der Waals surface area contributed by atoms with Crippen LogP contribution in [0.4, 0.5) is 16.2 Å². The van der Waals surface area contributed by atoms with Crippen LogP contribution < -0.4 is 5.32 Å². The Hall–Kier alpha value is -2.15. The van der Waals surface area contributed by atoms with Crippen LogP contribution in [0.15, 0.2) is 18.2 Å². The average molecular weight is 279 g/mol. The molecule has 2 amide bonds. The number of nitro benzene ring substituents is 1. The number of nitro groups is 1. The van der Waals surface area contributed by atoms with Gasteiger partial charge in [-0.1, -0.05) is 0 Å². The molecule has 1 aliphatic rings. The Bertz CT molecular complexity index is 528. The fourth-order valence-corrected chi connectivity index (χ4v) is 2.08. The maximum Gasteiger partial charge on any atom is 0.322 e. The quantitative estimate of drug-likeness (QED) is 0.635. The minimum absolute atomic E-state index is 0.0254. The first kappa shape index (κ1) is 14.3. The highest BCUT2D eigenvalue weighted by atomic mass is 16.6. The number of hydrogen-bond donors (Lipinski definition) is 2. The van der Waals surface area contributed by atoms with Gasteiger partial charge in [-0.25, -0.2) is 4.79 Å². The molecule has 0 bridgehead atoms. The summed E-state index contributed by atoms with van der Waals surface area (Å²) in [5.41, 5.74) is 1.03. The number of urea groups is 1. The van der Waals surface area contributed by atoms with Crippen LogP contribution in [0.2, 0.25) is 0 Å². The van der Waals surface area contributed by atoms with E-state index in [1.807, 2.05) is 0 Å². The number of rotatable bonds is 5. The monoisotopic (exact) mass is 279 g/mol. The summed E-state index contributed by atoms with van der Waals surface area (Å²) < 4.78 is 0. The van der Waals surface area contributed by atoms with Crippen molar-refractivity contribution in [1.82, 2.24) is 4.90 Å². The Kier molecular flexibility index (Phi) is 4.19. The van der Waals surface area contributed by atoms with Crippen LogP contribution in [0.1, 0.15) is 18.4 Å². The predicted molar refractivity (Wildman–Crippen MR) is 73.7 cm³/mol. The van der Waals surface area contributed by atoms with Gasteiger partial charge in [-0.05, 0) is 31.9 Å². The fourth-order valence-electron chi connectivity index (χ4n) is 2.08. The lowest BCUT2D eigenvalue weighted by Gasteiger charge is -2.21. The zero-order chi connectivity index (χ0) is 14.7. The molecular weight excluding hydrogens is 262 g/mol. The number of carbonyl (C=O) groups excluding carboxylic acids is 1. The molecule has 2 rings (SSSR count). The highest BCUT2D eigenvalue weighted by Crippen LogP contribution is 2.27. The van der Waals surface area contributed by atoms with Crippen molar-refractivity contribution in [3.8, 4) is 0 Å². The Morgan fingerprint density at radius 1 is 1.55 bits per heavy atom. The highest BCUT2D eigenvalue weighted by Gasteiger charge is 2.32. The topological polar surface area (TPSA) is 95.7 Å². The number of amides is 2. The first-order chi connectivity index (χ1) is 9.52. The van der Waals surface area contributed by atoms with Gasteiger partial charge in [0.05, 0.1) is 11.5 Å². The van der Waals surface area contributed by atoms with Crippen molar-refractivity contribution in [1.29, 1.82) is 0 Å². The lowest BCUT2D eigenvalue weighted by atomic mass is 10.2. The largest absolute Gasteiger partial charge is 0.395 e. The third-order valence-corrected chi connectivity index (χ3v) is 3.23. The van der Waals surface area contributed by atoms with Gasteiger partial charge in [-0.3, -0.25) is 10.1 Å². The van der Waals surface area contributed by atoms with E-state index in [1.54, 1.807) is 17.9 Å². The van der Waals surface area contributed by atoms with E-state index < -0.39 is 4.92 Å². The lowest BCUT2D eigenvalue weighted by molar-refractivity contribution is -0.385. The molecule has 0 spiro atoms. The summed E-state index contributed by atoms with van der Waals surface area (Å²) in [4.78, 5) is 24.0. The van der Waals surface area contributed by atoms with E-state index in [2.05, 4.69) is 5.32 Å². The van der Waals surface area contributed by atoms with Crippen LogP contribution in [-0.4, -0.2) is 40.2 Å². The molecule has 0 radical (unpaired) electrons. The van der Waals surface area contributed by atoms with Gasteiger partial charge in [0.15, 0.2) is 0 Å². The lowest BCUT2D eigenvalue weighted by Crippen LogP contribution is -2.38. The number of hydrogen-bond acceptors (Lipinski definition) is 4. The van der Waals surface area contributed by atoms with E-state index in [9.17, 15) is 14.9 Å². The maximum atomic E-state index is 12.1. The van der Waals surface area contributed by atoms with E-state index >= 15 is 0 Å². The molecule has 2 N–H and O–H groups in total. The minimum Gasteiger partial charge on any atom is -0.395 e. The van der Waals surface area contributed by atoms with Crippen LogP contribution in [0.25, 0.3) is 0 Å². The smallest absolute Gasteiger partial charge is 0.322 e. The van der Waals surface area contributed by atoms with Gasteiger partial charge in [0.1, 0.15) is 0 Å². The molecule has 1 aromatic rings. The van der Waals surface area contributed by atoms with E-state index in [1.165, 1.54) is 12.1 Å². The molecule has 0 atom stereocenters. The van der Waals surface area contributed by atoms with E-state index in [-0.39, 0.29) is 24.4 Å². The zero-order valence-corrected chi connectivity index (χ0v) is 11.2. The van der Waals surface area contributed by atoms with Crippen molar-refractivity contribution < 1.29 is 14.8 Å². The second-order valence-corrected chi connectivity index (χ2v) is 4.84. The number of benzene rings is 1. The summed E-state index contributed by atoms with van der Waals surface area (Å²) in [6.45, 7) is 1.84. The first-order valence-corrected chi connectivity index (χ1v) is 6.46. The van der Waals surface area contributed by atoms with Gasteiger partial charge < -0.3 is 15.3 Å². The molecule has 0 aromatic heterocycles. The molecular formula is C13H17N3O4. The second kappa shape index (κ2) is 5.87. The molecule has 1 aromatic carbocycles. The third kappa shape index (κ3) is 3.24. The number of anilines is 1. The van der Waals surface area contributed by atoms with Crippen molar-refractivity contribution in [2.45, 2.75) is 25.8 Å². The summed E-state index contributed by atoms with van der Waals surface area (Å²) in [5, 5.41) is 22.4. The Labute approximate surface area is 116 Å². The molecule has 20 heavy (non-hydrogen) atoms. The van der Waals surface area contributed by atoms with Gasteiger partial charge in [-0.15, -0.1) is 0 Å². The zero-order valence-electron chi connectivity index (χ0n) is 11.2. The number of aliphatic hydroxyl groups is 1. The Balaban J connectivity index is 2.07. The predicted octanol–water partition coefficient (Wildman–Crippen LogP) is 1.89. The van der Waals surface area contributed by atoms with Gasteiger partial charge in [0.2, 0.25) is 0 Å². The van der Waals surface area contributed by atoms with Crippen LogP contribution >= 0.6 is 0 Å². The molecule has 1 fully saturated rings. The number of aliphatic hydroxyl groups excluding tert-OH is 1. The molecule has 108 valence electrons. The van der Waals surface area contributed by atoms with Crippen LogP contribution in [-0.2, 0) is 0 Å². The summed E-state index contributed by atoms with van der Waals surface area (Å²) in [7, 11) is 0. The summed E-state index contributed by atoms with van der Waals surface area (Å²) >= 11 is 0. The van der Waals surface area contributed by atoms with E-state index in [4.69, 9.17) is 5.11 Å². The average Bonchev–Trinajstić information content (AvgIpc) is 3.19. The number of nitrogens with zero attached hydrogens (tertiary/aromatic N) is 2. The molecule has 1 saturated carbocycles. The maximum absolute atomic E-state index is 12.1. The van der Waals surface area contributed by atoms with Gasteiger partial charge in [0, 0.05) is 29.9 Å². The Morgan fingerprint density at radius 3 is 2.75 bits per heavy atom. The summed E-state index contributed by atoms with van der Waals surface area (Å²) in [6, 6.07) is 4.36. The molecule has 0 unspecified atom stereocenters. The molecule has 0 heterocycles. The Morgan fingerprint density at radius 2 is 2.25 bits per heavy atom. The molecule has 0 saturated heterocycles. The third-order valence-electron chi connectivity index (χ3n) is 3.23. The van der Waals surface area contributed by atoms with Crippen LogP contribution in [0.3, 0.4) is 0 Å². The van der Waals surface area contributed by atoms with E-state index in [0.29, 0.717) is 17.8 Å². The molecule has 0 aliphatic heterocycles. The van der Waals surface area contributed by atoms with Crippen LogP contribution in [0.5, 0.6) is 0 Å². The van der Waals surface area contributed by atoms with Gasteiger partial charge in [0.25, 0.3) is 5.69 Å².